The van der Waals surface area contributed by atoms with Gasteiger partial charge in [-0.2, -0.15) is 10.1 Å². The van der Waals surface area contributed by atoms with E-state index in [9.17, 15) is 0 Å². The van der Waals surface area contributed by atoms with Crippen LogP contribution in [-0.4, -0.2) is 28.3 Å². The van der Waals surface area contributed by atoms with Gasteiger partial charge in [0.25, 0.3) is 5.95 Å². The Kier molecular flexibility index (Phi) is 5.09. The Morgan fingerprint density at radius 2 is 2.10 bits per heavy atom. The van der Waals surface area contributed by atoms with E-state index in [1.807, 2.05) is 6.07 Å². The lowest BCUT2D eigenvalue weighted by Crippen LogP contribution is -2.20. The summed E-state index contributed by atoms with van der Waals surface area (Å²) in [7, 11) is 0. The summed E-state index contributed by atoms with van der Waals surface area (Å²) in [6.07, 6.45) is 1.66. The normalized spacial score (nSPS) is 10.7. The van der Waals surface area contributed by atoms with E-state index in [-0.39, 0.29) is 0 Å². The molecule has 112 valence electrons. The maximum absolute atomic E-state index is 4.56. The molecule has 0 saturated heterocycles. The molecule has 2 aromatic rings. The third-order valence-electron chi connectivity index (χ3n) is 3.11. The molecule has 0 unspecified atom stereocenters. The quantitative estimate of drug-likeness (QED) is 0.881. The molecule has 0 amide bonds. The van der Waals surface area contributed by atoms with Crippen molar-refractivity contribution < 1.29 is 0 Å². The van der Waals surface area contributed by atoms with Crippen LogP contribution < -0.4 is 10.2 Å². The van der Waals surface area contributed by atoms with Crippen molar-refractivity contribution in [2.45, 2.75) is 27.7 Å². The number of rotatable bonds is 6. The topological polar surface area (TPSA) is 53.9 Å². The first-order chi connectivity index (χ1) is 10.1. The van der Waals surface area contributed by atoms with Crippen molar-refractivity contribution in [3.63, 3.8) is 0 Å². The second kappa shape index (κ2) is 7.02. The van der Waals surface area contributed by atoms with Crippen molar-refractivity contribution in [2.75, 3.05) is 23.3 Å². The second-order valence-electron chi connectivity index (χ2n) is 5.50. The van der Waals surface area contributed by atoms with E-state index in [2.05, 4.69) is 71.3 Å². The Bertz CT molecular complexity index is 582. The molecule has 0 saturated carbocycles. The molecule has 0 fully saturated rings. The summed E-state index contributed by atoms with van der Waals surface area (Å²) in [4.78, 5) is 6.62. The van der Waals surface area contributed by atoms with Crippen LogP contribution in [-0.2, 0) is 0 Å². The van der Waals surface area contributed by atoms with Gasteiger partial charge in [0.2, 0.25) is 0 Å². The highest BCUT2D eigenvalue weighted by molar-refractivity contribution is 5.58. The average molecular weight is 285 g/mol. The molecule has 0 atom stereocenters. The summed E-state index contributed by atoms with van der Waals surface area (Å²) >= 11 is 0. The number of hydrogen-bond donors (Lipinski definition) is 1. The summed E-state index contributed by atoms with van der Waals surface area (Å²) in [6.45, 7) is 10.1. The summed E-state index contributed by atoms with van der Waals surface area (Å²) < 4.78 is 0. The average Bonchev–Trinajstić information content (AvgIpc) is 2.46. The number of nitrogens with one attached hydrogen (secondary N) is 1. The largest absolute Gasteiger partial charge is 0.368 e. The van der Waals surface area contributed by atoms with Crippen molar-refractivity contribution in [1.29, 1.82) is 0 Å². The third-order valence-corrected chi connectivity index (χ3v) is 3.11. The lowest BCUT2D eigenvalue weighted by atomic mass is 10.2. The number of nitrogens with zero attached hydrogens (tertiary/aromatic N) is 4. The van der Waals surface area contributed by atoms with Crippen LogP contribution >= 0.6 is 0 Å². The minimum absolute atomic E-state index is 0.558. The molecule has 21 heavy (non-hydrogen) atoms. The minimum atomic E-state index is 0.558. The fourth-order valence-corrected chi connectivity index (χ4v) is 2.04. The molecule has 1 aromatic heterocycles. The zero-order valence-corrected chi connectivity index (χ0v) is 13.2. The Morgan fingerprint density at radius 3 is 2.76 bits per heavy atom. The van der Waals surface area contributed by atoms with Crippen LogP contribution in [0.5, 0.6) is 0 Å². The molecule has 2 rings (SSSR count). The minimum Gasteiger partial charge on any atom is -0.368 e. The summed E-state index contributed by atoms with van der Waals surface area (Å²) in [6, 6.07) is 8.31. The number of aromatic nitrogens is 3. The molecule has 0 aliphatic rings. The molecule has 1 aromatic carbocycles. The molecular formula is C16H23N5. The van der Waals surface area contributed by atoms with Crippen molar-refractivity contribution in [1.82, 2.24) is 15.2 Å². The fraction of sp³-hybridized carbons (Fsp3) is 0.438. The highest BCUT2D eigenvalue weighted by Crippen LogP contribution is 2.22. The number of hydrogen-bond acceptors (Lipinski definition) is 5. The highest BCUT2D eigenvalue weighted by atomic mass is 15.3. The van der Waals surface area contributed by atoms with E-state index >= 15 is 0 Å². The molecule has 1 heterocycles. The Labute approximate surface area is 126 Å². The van der Waals surface area contributed by atoms with E-state index < -0.39 is 0 Å². The number of anilines is 3. The van der Waals surface area contributed by atoms with Crippen LogP contribution in [0.1, 0.15) is 26.3 Å². The van der Waals surface area contributed by atoms with E-state index in [0.29, 0.717) is 11.9 Å². The van der Waals surface area contributed by atoms with Crippen molar-refractivity contribution in [3.05, 3.63) is 36.0 Å². The monoisotopic (exact) mass is 285 g/mol. The number of aryl methyl sites for hydroxylation is 1. The second-order valence-corrected chi connectivity index (χ2v) is 5.50. The van der Waals surface area contributed by atoms with Gasteiger partial charge in [-0.1, -0.05) is 26.0 Å². The van der Waals surface area contributed by atoms with Gasteiger partial charge in [0, 0.05) is 18.8 Å². The lowest BCUT2D eigenvalue weighted by molar-refractivity contribution is 0.685. The van der Waals surface area contributed by atoms with E-state index in [1.54, 1.807) is 6.20 Å². The van der Waals surface area contributed by atoms with Gasteiger partial charge in [-0.3, -0.25) is 0 Å². The van der Waals surface area contributed by atoms with E-state index in [1.165, 1.54) is 5.56 Å². The molecule has 0 aliphatic heterocycles. The first-order valence-corrected chi connectivity index (χ1v) is 7.38. The van der Waals surface area contributed by atoms with Gasteiger partial charge in [-0.15, -0.1) is 5.10 Å². The zero-order valence-electron chi connectivity index (χ0n) is 13.2. The first-order valence-electron chi connectivity index (χ1n) is 7.38. The van der Waals surface area contributed by atoms with Gasteiger partial charge in [-0.25, -0.2) is 0 Å². The predicted octanol–water partition coefficient (Wildman–Crippen LogP) is 3.41. The van der Waals surface area contributed by atoms with Gasteiger partial charge in [0.15, 0.2) is 5.82 Å². The Hall–Kier alpha value is -2.17. The van der Waals surface area contributed by atoms with Crippen molar-refractivity contribution in [2.24, 2.45) is 5.92 Å². The zero-order chi connectivity index (χ0) is 15.2. The smallest absolute Gasteiger partial charge is 0.251 e. The summed E-state index contributed by atoms with van der Waals surface area (Å²) in [5, 5.41) is 11.5. The molecule has 0 bridgehead atoms. The van der Waals surface area contributed by atoms with Gasteiger partial charge in [0.05, 0.1) is 6.20 Å². The molecule has 0 radical (unpaired) electrons. The van der Waals surface area contributed by atoms with Crippen LogP contribution in [0.3, 0.4) is 0 Å². The molecule has 5 nitrogen and oxygen atoms in total. The Morgan fingerprint density at radius 1 is 1.29 bits per heavy atom. The van der Waals surface area contributed by atoms with Gasteiger partial charge in [-0.05, 0) is 37.5 Å². The predicted molar refractivity (Wildman–Crippen MR) is 87.0 cm³/mol. The third kappa shape index (κ3) is 4.15. The van der Waals surface area contributed by atoms with Crippen LogP contribution in [0.15, 0.2) is 30.5 Å². The summed E-state index contributed by atoms with van der Waals surface area (Å²) in [5.74, 6) is 1.94. The molecule has 0 aliphatic carbocycles. The van der Waals surface area contributed by atoms with Gasteiger partial charge >= 0.3 is 0 Å². The highest BCUT2D eigenvalue weighted by Gasteiger charge is 2.11. The molecule has 0 spiro atoms. The standard InChI is InChI=1S/C16H23N5/c1-5-21(14-8-6-7-13(4)9-14)16-19-15(11-18-20-16)17-10-12(2)3/h6-9,11-12H,5,10H2,1-4H3,(H,17,19,20). The Balaban J connectivity index is 2.24. The van der Waals surface area contributed by atoms with Crippen LogP contribution in [0.25, 0.3) is 0 Å². The maximum Gasteiger partial charge on any atom is 0.251 e. The van der Waals surface area contributed by atoms with E-state index in [0.717, 1.165) is 24.6 Å². The summed E-state index contributed by atoms with van der Waals surface area (Å²) in [5.41, 5.74) is 2.30. The molecule has 1 N–H and O–H groups in total. The van der Waals surface area contributed by atoms with Crippen LogP contribution in [0, 0.1) is 12.8 Å². The molecular weight excluding hydrogens is 262 g/mol. The molecule has 5 heteroatoms. The van der Waals surface area contributed by atoms with E-state index in [4.69, 9.17) is 0 Å². The maximum atomic E-state index is 4.56. The van der Waals surface area contributed by atoms with Crippen molar-refractivity contribution >= 4 is 17.5 Å². The number of benzene rings is 1. The van der Waals surface area contributed by atoms with Crippen LogP contribution in [0.2, 0.25) is 0 Å². The van der Waals surface area contributed by atoms with Gasteiger partial charge < -0.3 is 10.2 Å². The first kappa shape index (κ1) is 15.2. The lowest BCUT2D eigenvalue weighted by Gasteiger charge is -2.21. The van der Waals surface area contributed by atoms with Gasteiger partial charge in [0.1, 0.15) is 0 Å². The SMILES string of the molecule is CCN(c1cccc(C)c1)c1nncc(NCC(C)C)n1. The van der Waals surface area contributed by atoms with Crippen molar-refractivity contribution in [3.8, 4) is 0 Å². The van der Waals surface area contributed by atoms with Crippen LogP contribution in [0.4, 0.5) is 17.5 Å². The fourth-order valence-electron chi connectivity index (χ4n) is 2.04.